The second-order valence-corrected chi connectivity index (χ2v) is 8.48. The molecular formula is C23H27FN6O. The number of nitrogens with one attached hydrogen (secondary N) is 2. The van der Waals surface area contributed by atoms with Gasteiger partial charge < -0.3 is 19.5 Å². The minimum Gasteiger partial charge on any atom is -0.373 e. The molecule has 7 nitrogen and oxygen atoms in total. The van der Waals surface area contributed by atoms with Gasteiger partial charge in [0.1, 0.15) is 11.5 Å². The summed E-state index contributed by atoms with van der Waals surface area (Å²) in [5.74, 6) is 0.380. The Morgan fingerprint density at radius 1 is 1.19 bits per heavy atom. The molecule has 0 amide bonds. The molecule has 0 radical (unpaired) electrons. The molecule has 0 aliphatic carbocycles. The first kappa shape index (κ1) is 20.0. The second kappa shape index (κ2) is 7.94. The third-order valence-electron chi connectivity index (χ3n) is 5.95. The van der Waals surface area contributed by atoms with E-state index in [4.69, 9.17) is 9.72 Å². The van der Waals surface area contributed by atoms with E-state index in [-0.39, 0.29) is 11.9 Å². The van der Waals surface area contributed by atoms with Crippen LogP contribution in [0.2, 0.25) is 0 Å². The highest BCUT2D eigenvalue weighted by atomic mass is 19.1. The van der Waals surface area contributed by atoms with Crippen molar-refractivity contribution in [3.8, 4) is 11.5 Å². The Morgan fingerprint density at radius 2 is 2.06 bits per heavy atom. The van der Waals surface area contributed by atoms with Crippen molar-refractivity contribution in [3.63, 3.8) is 0 Å². The molecule has 2 aromatic heterocycles. The Hall–Kier alpha value is -2.97. The first-order valence-electron chi connectivity index (χ1n) is 10.7. The number of likely N-dealkylation sites (N-methyl/N-ethyl adjacent to an activating group) is 1. The molecule has 1 fully saturated rings. The van der Waals surface area contributed by atoms with Crippen LogP contribution >= 0.6 is 0 Å². The van der Waals surface area contributed by atoms with Gasteiger partial charge in [-0.2, -0.15) is 5.10 Å². The summed E-state index contributed by atoms with van der Waals surface area (Å²) in [5.41, 5.74) is 4.34. The molecule has 1 aliphatic heterocycles. The Bertz CT molecular complexity index is 1220. The van der Waals surface area contributed by atoms with Gasteiger partial charge in [0.2, 0.25) is 0 Å². The van der Waals surface area contributed by atoms with Crippen LogP contribution in [0.25, 0.3) is 33.5 Å². The molecule has 31 heavy (non-hydrogen) atoms. The highest BCUT2D eigenvalue weighted by Gasteiger charge is 2.28. The van der Waals surface area contributed by atoms with E-state index >= 15 is 0 Å². The van der Waals surface area contributed by atoms with E-state index in [9.17, 15) is 4.39 Å². The number of halogens is 1. The summed E-state index contributed by atoms with van der Waals surface area (Å²) >= 11 is 0. The number of aromatic nitrogens is 4. The molecule has 2 aromatic carbocycles. The summed E-state index contributed by atoms with van der Waals surface area (Å²) in [5, 5.41) is 8.09. The molecule has 5 rings (SSSR count). The van der Waals surface area contributed by atoms with Crippen LogP contribution in [-0.4, -0.2) is 71.0 Å². The molecule has 8 heteroatoms. The van der Waals surface area contributed by atoms with Gasteiger partial charge in [0, 0.05) is 24.2 Å². The van der Waals surface area contributed by atoms with Crippen molar-refractivity contribution >= 4 is 27.6 Å². The minimum atomic E-state index is -0.291. The number of hydrogen-bond donors (Lipinski definition) is 2. The molecular weight excluding hydrogens is 395 g/mol. The minimum absolute atomic E-state index is 0.182. The number of anilines is 1. The number of morpholine rings is 1. The number of ether oxygens (including phenoxy) is 1. The summed E-state index contributed by atoms with van der Waals surface area (Å²) in [6.07, 6.45) is 1.21. The smallest absolute Gasteiger partial charge is 0.159 e. The average molecular weight is 423 g/mol. The van der Waals surface area contributed by atoms with Crippen molar-refractivity contribution in [1.82, 2.24) is 25.1 Å². The lowest BCUT2D eigenvalue weighted by molar-refractivity contribution is 0.00513. The third kappa shape index (κ3) is 3.77. The van der Waals surface area contributed by atoms with Crippen molar-refractivity contribution in [1.29, 1.82) is 0 Å². The van der Waals surface area contributed by atoms with Gasteiger partial charge in [-0.3, -0.25) is 5.10 Å². The number of nitrogens with zero attached hydrogens (tertiary/aromatic N) is 4. The quantitative estimate of drug-likeness (QED) is 0.512. The second-order valence-electron chi connectivity index (χ2n) is 8.48. The van der Waals surface area contributed by atoms with E-state index in [1.165, 1.54) is 12.1 Å². The fourth-order valence-corrected chi connectivity index (χ4v) is 4.39. The van der Waals surface area contributed by atoms with Crippen molar-refractivity contribution in [2.24, 2.45) is 0 Å². The molecule has 1 aliphatic rings. The van der Waals surface area contributed by atoms with E-state index in [1.54, 1.807) is 6.07 Å². The molecule has 2 unspecified atom stereocenters. The molecule has 2 atom stereocenters. The van der Waals surface area contributed by atoms with Gasteiger partial charge in [-0.1, -0.05) is 6.92 Å². The average Bonchev–Trinajstić information content (AvgIpc) is 3.35. The van der Waals surface area contributed by atoms with Crippen LogP contribution in [0.3, 0.4) is 0 Å². The summed E-state index contributed by atoms with van der Waals surface area (Å²) in [6, 6.07) is 11.3. The predicted octanol–water partition coefficient (Wildman–Crippen LogP) is 3.79. The zero-order chi connectivity index (χ0) is 21.5. The van der Waals surface area contributed by atoms with Crippen molar-refractivity contribution < 1.29 is 9.13 Å². The van der Waals surface area contributed by atoms with Gasteiger partial charge in [-0.05, 0) is 56.9 Å². The number of hydrogen-bond acceptors (Lipinski definition) is 5. The van der Waals surface area contributed by atoms with Crippen LogP contribution in [0.1, 0.15) is 13.3 Å². The third-order valence-corrected chi connectivity index (χ3v) is 5.95. The standard InChI is InChI=1S/C23H27FN6O/c1-4-15-13-31-17(11-29(2)3)12-30(15)16-6-8-19-21(10-16)26-23(25-19)22-18-7-5-14(24)9-20(18)27-28-22/h5-10,15,17H,4,11-13H2,1-3H3,(H,25,26)(H,27,28). The van der Waals surface area contributed by atoms with Crippen LogP contribution < -0.4 is 4.90 Å². The number of H-pyrrole nitrogens is 2. The van der Waals surface area contributed by atoms with Crippen molar-refractivity contribution in [2.75, 3.05) is 38.7 Å². The molecule has 1 saturated heterocycles. The maximum Gasteiger partial charge on any atom is 0.159 e. The topological polar surface area (TPSA) is 73.1 Å². The van der Waals surface area contributed by atoms with Crippen molar-refractivity contribution in [2.45, 2.75) is 25.5 Å². The Kier molecular flexibility index (Phi) is 5.11. The number of fused-ring (bicyclic) bond motifs is 2. The maximum absolute atomic E-state index is 13.5. The van der Waals surface area contributed by atoms with Gasteiger partial charge in [0.05, 0.1) is 35.3 Å². The van der Waals surface area contributed by atoms with Crippen LogP contribution in [0.5, 0.6) is 0 Å². The fraction of sp³-hybridized carbons (Fsp3) is 0.391. The van der Waals surface area contributed by atoms with Gasteiger partial charge in [0.15, 0.2) is 5.82 Å². The van der Waals surface area contributed by atoms with Gasteiger partial charge in [-0.15, -0.1) is 0 Å². The SMILES string of the molecule is CCC1COC(CN(C)C)CN1c1ccc2nc(-c3n[nH]c4cc(F)ccc34)[nH]c2c1. The highest BCUT2D eigenvalue weighted by Crippen LogP contribution is 2.30. The lowest BCUT2D eigenvalue weighted by atomic mass is 10.1. The van der Waals surface area contributed by atoms with E-state index in [1.807, 2.05) is 6.07 Å². The molecule has 0 spiro atoms. The Labute approximate surface area is 180 Å². The number of aromatic amines is 2. The first-order chi connectivity index (χ1) is 15.0. The zero-order valence-electron chi connectivity index (χ0n) is 18.0. The van der Waals surface area contributed by atoms with E-state index in [0.717, 1.165) is 48.2 Å². The number of benzene rings is 2. The molecule has 3 heterocycles. The van der Waals surface area contributed by atoms with Crippen LogP contribution in [-0.2, 0) is 4.74 Å². The molecule has 0 bridgehead atoms. The lowest BCUT2D eigenvalue weighted by Gasteiger charge is -2.41. The van der Waals surface area contributed by atoms with Gasteiger partial charge >= 0.3 is 0 Å². The maximum atomic E-state index is 13.5. The molecule has 4 aromatic rings. The summed E-state index contributed by atoms with van der Waals surface area (Å²) < 4.78 is 19.6. The largest absolute Gasteiger partial charge is 0.373 e. The summed E-state index contributed by atoms with van der Waals surface area (Å²) in [7, 11) is 4.15. The normalized spacial score (nSPS) is 19.7. The number of imidazole rings is 1. The first-order valence-corrected chi connectivity index (χ1v) is 10.7. The fourth-order valence-electron chi connectivity index (χ4n) is 4.39. The summed E-state index contributed by atoms with van der Waals surface area (Å²) in [4.78, 5) is 12.7. The van der Waals surface area contributed by atoms with E-state index < -0.39 is 0 Å². The van der Waals surface area contributed by atoms with E-state index in [0.29, 0.717) is 23.1 Å². The zero-order valence-corrected chi connectivity index (χ0v) is 18.0. The monoisotopic (exact) mass is 422 g/mol. The van der Waals surface area contributed by atoms with E-state index in [2.05, 4.69) is 58.1 Å². The molecule has 0 saturated carbocycles. The molecule has 2 N–H and O–H groups in total. The van der Waals surface area contributed by atoms with Crippen molar-refractivity contribution in [3.05, 3.63) is 42.2 Å². The Balaban J connectivity index is 1.48. The van der Waals surface area contributed by atoms with Crippen LogP contribution in [0.15, 0.2) is 36.4 Å². The lowest BCUT2D eigenvalue weighted by Crippen LogP contribution is -2.52. The predicted molar refractivity (Wildman–Crippen MR) is 121 cm³/mol. The number of rotatable bonds is 5. The van der Waals surface area contributed by atoms with Crippen LogP contribution in [0.4, 0.5) is 10.1 Å². The molecule has 162 valence electrons. The Morgan fingerprint density at radius 3 is 2.87 bits per heavy atom. The van der Waals surface area contributed by atoms with Gasteiger partial charge in [0.25, 0.3) is 0 Å². The highest BCUT2D eigenvalue weighted by molar-refractivity contribution is 5.93. The van der Waals surface area contributed by atoms with Gasteiger partial charge in [-0.25, -0.2) is 9.37 Å². The van der Waals surface area contributed by atoms with Crippen LogP contribution in [0, 0.1) is 5.82 Å². The summed E-state index contributed by atoms with van der Waals surface area (Å²) in [6.45, 7) is 4.69.